The molecule has 2 aromatic carbocycles. The Morgan fingerprint density at radius 1 is 1.11 bits per heavy atom. The first-order chi connectivity index (χ1) is 8.97. The molecular formula is C15H13ClF2O. The molecule has 0 saturated heterocycles. The van der Waals surface area contributed by atoms with E-state index in [1.807, 2.05) is 31.2 Å². The first-order valence-electron chi connectivity index (χ1n) is 5.85. The molecule has 1 N–H and O–H groups in total. The average molecular weight is 283 g/mol. The molecule has 0 aliphatic rings. The van der Waals surface area contributed by atoms with Crippen LogP contribution >= 0.6 is 11.6 Å². The Hall–Kier alpha value is -1.45. The number of halogens is 3. The summed E-state index contributed by atoms with van der Waals surface area (Å²) in [5.41, 5.74) is 2.21. The number of hydrogen-bond donors (Lipinski definition) is 1. The molecule has 0 aliphatic carbocycles. The summed E-state index contributed by atoms with van der Waals surface area (Å²) < 4.78 is 26.1. The van der Waals surface area contributed by atoms with E-state index >= 15 is 0 Å². The summed E-state index contributed by atoms with van der Waals surface area (Å²) in [6.45, 7) is 1.96. The molecule has 0 radical (unpaired) electrons. The van der Waals surface area contributed by atoms with E-state index in [0.29, 0.717) is 6.42 Å². The lowest BCUT2D eigenvalue weighted by Gasteiger charge is -2.13. The van der Waals surface area contributed by atoms with Gasteiger partial charge in [-0.3, -0.25) is 0 Å². The fourth-order valence-electron chi connectivity index (χ4n) is 1.85. The van der Waals surface area contributed by atoms with Crippen molar-refractivity contribution in [3.05, 3.63) is 69.7 Å². The Morgan fingerprint density at radius 3 is 2.32 bits per heavy atom. The van der Waals surface area contributed by atoms with Crippen LogP contribution in [0.15, 0.2) is 36.4 Å². The average Bonchev–Trinajstić information content (AvgIpc) is 2.36. The van der Waals surface area contributed by atoms with Crippen LogP contribution < -0.4 is 0 Å². The minimum atomic E-state index is -1.02. The molecule has 100 valence electrons. The number of aliphatic hydroxyl groups is 1. The largest absolute Gasteiger partial charge is 0.388 e. The standard InChI is InChI=1S/C15H13ClF2O/c1-9-2-4-10(5-3-9)6-15(19)11-7-13(17)14(18)8-12(11)16/h2-5,7-8,15,19H,6H2,1H3. The summed E-state index contributed by atoms with van der Waals surface area (Å²) in [6.07, 6.45) is -0.671. The van der Waals surface area contributed by atoms with Crippen LogP contribution in [-0.2, 0) is 6.42 Å². The van der Waals surface area contributed by atoms with Crippen LogP contribution in [0, 0.1) is 18.6 Å². The predicted molar refractivity (Wildman–Crippen MR) is 71.2 cm³/mol. The van der Waals surface area contributed by atoms with E-state index in [1.165, 1.54) is 0 Å². The topological polar surface area (TPSA) is 20.2 Å². The number of benzene rings is 2. The van der Waals surface area contributed by atoms with E-state index in [4.69, 9.17) is 11.6 Å². The Morgan fingerprint density at radius 2 is 1.68 bits per heavy atom. The highest BCUT2D eigenvalue weighted by molar-refractivity contribution is 6.31. The lowest BCUT2D eigenvalue weighted by molar-refractivity contribution is 0.178. The van der Waals surface area contributed by atoms with Crippen molar-refractivity contribution >= 4 is 11.6 Å². The van der Waals surface area contributed by atoms with Gasteiger partial charge in [-0.25, -0.2) is 8.78 Å². The lowest BCUT2D eigenvalue weighted by atomic mass is 10.0. The third-order valence-electron chi connectivity index (χ3n) is 2.95. The van der Waals surface area contributed by atoms with E-state index in [-0.39, 0.29) is 10.6 Å². The number of hydrogen-bond acceptors (Lipinski definition) is 1. The molecule has 2 rings (SSSR count). The van der Waals surface area contributed by atoms with Crippen molar-refractivity contribution in [2.24, 2.45) is 0 Å². The van der Waals surface area contributed by atoms with Crippen molar-refractivity contribution in [1.82, 2.24) is 0 Å². The molecular weight excluding hydrogens is 270 g/mol. The van der Waals surface area contributed by atoms with Gasteiger partial charge in [0.1, 0.15) is 0 Å². The second kappa shape index (κ2) is 5.68. The summed E-state index contributed by atoms with van der Waals surface area (Å²) in [7, 11) is 0. The minimum Gasteiger partial charge on any atom is -0.388 e. The minimum absolute atomic E-state index is 0.0264. The van der Waals surface area contributed by atoms with Crippen molar-refractivity contribution < 1.29 is 13.9 Å². The van der Waals surface area contributed by atoms with Crippen molar-refractivity contribution in [1.29, 1.82) is 0 Å². The molecule has 0 spiro atoms. The Labute approximate surface area is 115 Å². The van der Waals surface area contributed by atoms with Crippen LogP contribution in [0.2, 0.25) is 5.02 Å². The molecule has 2 aromatic rings. The van der Waals surface area contributed by atoms with Gasteiger partial charge in [0.25, 0.3) is 0 Å². The first kappa shape index (κ1) is 14.0. The van der Waals surface area contributed by atoms with Gasteiger partial charge in [0, 0.05) is 17.0 Å². The summed E-state index contributed by atoms with van der Waals surface area (Å²) in [5.74, 6) is -2.03. The molecule has 0 aliphatic heterocycles. The van der Waals surface area contributed by atoms with Crippen molar-refractivity contribution in [3.8, 4) is 0 Å². The molecule has 1 unspecified atom stereocenters. The van der Waals surface area contributed by atoms with Gasteiger partial charge in [-0.15, -0.1) is 0 Å². The fourth-order valence-corrected chi connectivity index (χ4v) is 2.13. The maximum atomic E-state index is 13.2. The SMILES string of the molecule is Cc1ccc(CC(O)c2cc(F)c(F)cc2Cl)cc1. The highest BCUT2D eigenvalue weighted by Crippen LogP contribution is 2.28. The summed E-state index contributed by atoms with van der Waals surface area (Å²) in [5, 5.41) is 10.1. The van der Waals surface area contributed by atoms with Crippen molar-refractivity contribution in [3.63, 3.8) is 0 Å². The van der Waals surface area contributed by atoms with E-state index in [1.54, 1.807) is 0 Å². The Bertz CT molecular complexity index is 581. The van der Waals surface area contributed by atoms with E-state index in [2.05, 4.69) is 0 Å². The third kappa shape index (κ3) is 3.31. The number of aliphatic hydroxyl groups excluding tert-OH is 1. The van der Waals surface area contributed by atoms with Crippen LogP contribution in [0.3, 0.4) is 0 Å². The monoisotopic (exact) mass is 282 g/mol. The van der Waals surface area contributed by atoms with Crippen LogP contribution in [0.1, 0.15) is 22.8 Å². The van der Waals surface area contributed by atoms with Crippen molar-refractivity contribution in [2.75, 3.05) is 0 Å². The zero-order valence-electron chi connectivity index (χ0n) is 10.3. The molecule has 0 heterocycles. The molecule has 4 heteroatoms. The predicted octanol–water partition coefficient (Wildman–Crippen LogP) is 4.20. The van der Waals surface area contributed by atoms with Crippen LogP contribution in [-0.4, -0.2) is 5.11 Å². The second-order valence-electron chi connectivity index (χ2n) is 4.49. The summed E-state index contributed by atoms with van der Waals surface area (Å²) in [6, 6.07) is 9.43. The van der Waals surface area contributed by atoms with Crippen LogP contribution in [0.4, 0.5) is 8.78 Å². The van der Waals surface area contributed by atoms with Crippen LogP contribution in [0.5, 0.6) is 0 Å². The highest BCUT2D eigenvalue weighted by atomic mass is 35.5. The van der Waals surface area contributed by atoms with Gasteiger partial charge in [-0.05, 0) is 24.6 Å². The van der Waals surface area contributed by atoms with Gasteiger partial charge in [0.2, 0.25) is 0 Å². The maximum absolute atomic E-state index is 13.2. The fraction of sp³-hybridized carbons (Fsp3) is 0.200. The highest BCUT2D eigenvalue weighted by Gasteiger charge is 2.16. The molecule has 0 fully saturated rings. The van der Waals surface area contributed by atoms with E-state index < -0.39 is 17.7 Å². The smallest absolute Gasteiger partial charge is 0.160 e. The van der Waals surface area contributed by atoms with Gasteiger partial charge in [0.15, 0.2) is 11.6 Å². The van der Waals surface area contributed by atoms with Gasteiger partial charge < -0.3 is 5.11 Å². The van der Waals surface area contributed by atoms with Gasteiger partial charge in [-0.2, -0.15) is 0 Å². The molecule has 1 atom stereocenters. The zero-order chi connectivity index (χ0) is 14.0. The number of aryl methyl sites for hydroxylation is 1. The third-order valence-corrected chi connectivity index (χ3v) is 3.28. The van der Waals surface area contributed by atoms with Gasteiger partial charge in [-0.1, -0.05) is 41.4 Å². The quantitative estimate of drug-likeness (QED) is 0.837. The van der Waals surface area contributed by atoms with E-state index in [9.17, 15) is 13.9 Å². The van der Waals surface area contributed by atoms with Gasteiger partial charge >= 0.3 is 0 Å². The Balaban J connectivity index is 2.22. The van der Waals surface area contributed by atoms with Crippen LogP contribution in [0.25, 0.3) is 0 Å². The normalized spacial score (nSPS) is 12.5. The van der Waals surface area contributed by atoms with Crippen molar-refractivity contribution in [2.45, 2.75) is 19.4 Å². The molecule has 0 amide bonds. The van der Waals surface area contributed by atoms with Gasteiger partial charge in [0.05, 0.1) is 6.10 Å². The molecule has 1 nitrogen and oxygen atoms in total. The molecule has 0 saturated carbocycles. The summed E-state index contributed by atoms with van der Waals surface area (Å²) in [4.78, 5) is 0. The Kier molecular flexibility index (Phi) is 4.17. The number of rotatable bonds is 3. The van der Waals surface area contributed by atoms with E-state index in [0.717, 1.165) is 23.3 Å². The zero-order valence-corrected chi connectivity index (χ0v) is 11.1. The summed E-state index contributed by atoms with van der Waals surface area (Å²) >= 11 is 5.82. The lowest BCUT2D eigenvalue weighted by Crippen LogP contribution is -2.04. The second-order valence-corrected chi connectivity index (χ2v) is 4.90. The molecule has 0 bridgehead atoms. The first-order valence-corrected chi connectivity index (χ1v) is 6.23. The molecule has 0 aromatic heterocycles. The molecule has 19 heavy (non-hydrogen) atoms. The maximum Gasteiger partial charge on any atom is 0.160 e.